The lowest BCUT2D eigenvalue weighted by atomic mass is 10.00. The number of hydrogen-bond donors (Lipinski definition) is 2. The van der Waals surface area contributed by atoms with Gasteiger partial charge in [-0.15, -0.1) is 0 Å². The fourth-order valence-corrected chi connectivity index (χ4v) is 1.29. The summed E-state index contributed by atoms with van der Waals surface area (Å²) in [6.45, 7) is 1.28. The van der Waals surface area contributed by atoms with Gasteiger partial charge in [0, 0.05) is 5.56 Å². The monoisotopic (exact) mass is 237 g/mol. The van der Waals surface area contributed by atoms with Crippen LogP contribution in [0.1, 0.15) is 24.1 Å². The first kappa shape index (κ1) is 12.9. The standard InChI is InChI=1S/C10H11F4NO/c1-5(16)9(15)6-3-2-4-7(8(6)11)10(12,13)14/h2-5,9,16H,15H2,1H3/t5-,9+/m1/s1. The SMILES string of the molecule is C[C@@H](O)[C@H](N)c1cccc(C(F)(F)F)c1F. The zero-order chi connectivity index (χ0) is 12.5. The number of aliphatic hydroxyl groups excluding tert-OH is 1. The molecule has 0 amide bonds. The third kappa shape index (κ3) is 2.51. The summed E-state index contributed by atoms with van der Waals surface area (Å²) in [5, 5.41) is 9.12. The van der Waals surface area contributed by atoms with Gasteiger partial charge in [0.1, 0.15) is 5.82 Å². The number of hydrogen-bond acceptors (Lipinski definition) is 2. The van der Waals surface area contributed by atoms with E-state index < -0.39 is 29.7 Å². The predicted octanol–water partition coefficient (Wildman–Crippen LogP) is 2.23. The van der Waals surface area contributed by atoms with Crippen LogP contribution in [-0.4, -0.2) is 11.2 Å². The van der Waals surface area contributed by atoms with Crippen molar-refractivity contribution in [3.8, 4) is 0 Å². The predicted molar refractivity (Wildman–Crippen MR) is 50.0 cm³/mol. The summed E-state index contributed by atoms with van der Waals surface area (Å²) in [6.07, 6.45) is -5.89. The van der Waals surface area contributed by atoms with Crippen LogP contribution in [-0.2, 0) is 6.18 Å². The molecule has 1 aromatic carbocycles. The van der Waals surface area contributed by atoms with Crippen LogP contribution < -0.4 is 5.73 Å². The normalized spacial score (nSPS) is 15.9. The summed E-state index contributed by atoms with van der Waals surface area (Å²) in [5.41, 5.74) is 3.68. The molecule has 2 atom stereocenters. The van der Waals surface area contributed by atoms with Crippen LogP contribution in [0.5, 0.6) is 0 Å². The number of benzene rings is 1. The Hall–Kier alpha value is -1.14. The molecule has 0 spiro atoms. The fraction of sp³-hybridized carbons (Fsp3) is 0.400. The summed E-state index contributed by atoms with van der Waals surface area (Å²) in [5.74, 6) is -1.43. The lowest BCUT2D eigenvalue weighted by Crippen LogP contribution is -2.25. The Balaban J connectivity index is 3.24. The van der Waals surface area contributed by atoms with Crippen molar-refractivity contribution in [2.24, 2.45) is 5.73 Å². The van der Waals surface area contributed by atoms with Crippen LogP contribution >= 0.6 is 0 Å². The maximum absolute atomic E-state index is 13.5. The van der Waals surface area contributed by atoms with Crippen molar-refractivity contribution >= 4 is 0 Å². The van der Waals surface area contributed by atoms with Crippen molar-refractivity contribution in [1.82, 2.24) is 0 Å². The summed E-state index contributed by atoms with van der Waals surface area (Å²) in [6, 6.07) is 1.64. The second kappa shape index (κ2) is 4.39. The molecular weight excluding hydrogens is 226 g/mol. The Kier molecular flexibility index (Phi) is 3.54. The molecular formula is C10H11F4NO. The van der Waals surface area contributed by atoms with E-state index >= 15 is 0 Å². The first-order chi connectivity index (χ1) is 7.25. The first-order valence-corrected chi connectivity index (χ1v) is 4.54. The molecule has 0 fully saturated rings. The average molecular weight is 237 g/mol. The largest absolute Gasteiger partial charge is 0.419 e. The first-order valence-electron chi connectivity index (χ1n) is 4.54. The molecule has 0 aliphatic carbocycles. The molecule has 1 aromatic rings. The Morgan fingerprint density at radius 3 is 2.31 bits per heavy atom. The number of alkyl halides is 3. The Bertz CT molecular complexity index is 376. The van der Waals surface area contributed by atoms with E-state index in [1.165, 1.54) is 6.92 Å². The third-order valence-corrected chi connectivity index (χ3v) is 2.21. The maximum Gasteiger partial charge on any atom is 0.419 e. The van der Waals surface area contributed by atoms with Crippen LogP contribution in [0.4, 0.5) is 17.6 Å². The van der Waals surface area contributed by atoms with Gasteiger partial charge < -0.3 is 10.8 Å². The lowest BCUT2D eigenvalue weighted by Gasteiger charge is -2.18. The molecule has 0 saturated heterocycles. The van der Waals surface area contributed by atoms with Crippen molar-refractivity contribution in [3.63, 3.8) is 0 Å². The van der Waals surface area contributed by atoms with Crippen LogP contribution in [0.25, 0.3) is 0 Å². The van der Waals surface area contributed by atoms with Crippen molar-refractivity contribution in [1.29, 1.82) is 0 Å². The van der Waals surface area contributed by atoms with Gasteiger partial charge in [0.05, 0.1) is 17.7 Å². The summed E-state index contributed by atoms with van der Waals surface area (Å²) in [4.78, 5) is 0. The van der Waals surface area contributed by atoms with Gasteiger partial charge >= 0.3 is 6.18 Å². The van der Waals surface area contributed by atoms with Crippen LogP contribution in [0.3, 0.4) is 0 Å². The van der Waals surface area contributed by atoms with Crippen LogP contribution in [0.15, 0.2) is 18.2 Å². The van der Waals surface area contributed by atoms with E-state index in [-0.39, 0.29) is 5.56 Å². The van der Waals surface area contributed by atoms with E-state index in [4.69, 9.17) is 10.8 Å². The molecule has 0 radical (unpaired) electrons. The highest BCUT2D eigenvalue weighted by atomic mass is 19.4. The zero-order valence-electron chi connectivity index (χ0n) is 8.42. The smallest absolute Gasteiger partial charge is 0.391 e. The van der Waals surface area contributed by atoms with E-state index in [0.29, 0.717) is 6.07 Å². The van der Waals surface area contributed by atoms with Crippen molar-refractivity contribution < 1.29 is 22.7 Å². The van der Waals surface area contributed by atoms with Gasteiger partial charge in [-0.05, 0) is 13.0 Å². The molecule has 16 heavy (non-hydrogen) atoms. The summed E-state index contributed by atoms with van der Waals surface area (Å²) in [7, 11) is 0. The van der Waals surface area contributed by atoms with Crippen LogP contribution in [0.2, 0.25) is 0 Å². The van der Waals surface area contributed by atoms with E-state index in [1.54, 1.807) is 0 Å². The number of halogens is 4. The molecule has 0 unspecified atom stereocenters. The van der Waals surface area contributed by atoms with Gasteiger partial charge in [0.15, 0.2) is 0 Å². The van der Waals surface area contributed by atoms with E-state index in [1.807, 2.05) is 0 Å². The van der Waals surface area contributed by atoms with Gasteiger partial charge in [-0.1, -0.05) is 12.1 Å². The highest BCUT2D eigenvalue weighted by Crippen LogP contribution is 2.33. The molecule has 6 heteroatoms. The second-order valence-corrected chi connectivity index (χ2v) is 3.47. The highest BCUT2D eigenvalue weighted by Gasteiger charge is 2.35. The van der Waals surface area contributed by atoms with Gasteiger partial charge in [0.2, 0.25) is 0 Å². The van der Waals surface area contributed by atoms with E-state index in [2.05, 4.69) is 0 Å². The lowest BCUT2D eigenvalue weighted by molar-refractivity contribution is -0.140. The van der Waals surface area contributed by atoms with Crippen molar-refractivity contribution in [2.45, 2.75) is 25.2 Å². The topological polar surface area (TPSA) is 46.2 Å². The zero-order valence-corrected chi connectivity index (χ0v) is 8.42. The van der Waals surface area contributed by atoms with Gasteiger partial charge in [-0.3, -0.25) is 0 Å². The molecule has 0 saturated carbocycles. The second-order valence-electron chi connectivity index (χ2n) is 3.47. The van der Waals surface area contributed by atoms with E-state index in [0.717, 1.165) is 12.1 Å². The molecule has 1 rings (SSSR count). The van der Waals surface area contributed by atoms with Gasteiger partial charge in [-0.25, -0.2) is 4.39 Å². The van der Waals surface area contributed by atoms with Gasteiger partial charge in [-0.2, -0.15) is 13.2 Å². The number of rotatable bonds is 2. The highest BCUT2D eigenvalue weighted by molar-refractivity contribution is 5.30. The molecule has 0 aromatic heterocycles. The van der Waals surface area contributed by atoms with Crippen LogP contribution in [0, 0.1) is 5.82 Å². The molecule has 2 nitrogen and oxygen atoms in total. The number of nitrogens with two attached hydrogens (primary N) is 1. The third-order valence-electron chi connectivity index (χ3n) is 2.21. The molecule has 0 aliphatic rings. The molecule has 90 valence electrons. The Labute approximate surface area is 89.7 Å². The summed E-state index contributed by atoms with van der Waals surface area (Å²) < 4.78 is 50.5. The van der Waals surface area contributed by atoms with Gasteiger partial charge in [0.25, 0.3) is 0 Å². The number of aliphatic hydroxyl groups is 1. The quantitative estimate of drug-likeness (QED) is 0.775. The molecule has 0 bridgehead atoms. The van der Waals surface area contributed by atoms with Crippen molar-refractivity contribution in [2.75, 3.05) is 0 Å². The molecule has 3 N–H and O–H groups in total. The minimum absolute atomic E-state index is 0.343. The molecule has 0 heterocycles. The average Bonchev–Trinajstić information content (AvgIpc) is 2.15. The van der Waals surface area contributed by atoms with E-state index in [9.17, 15) is 17.6 Å². The Morgan fingerprint density at radius 2 is 1.88 bits per heavy atom. The maximum atomic E-state index is 13.5. The minimum atomic E-state index is -4.77. The minimum Gasteiger partial charge on any atom is -0.391 e. The fourth-order valence-electron chi connectivity index (χ4n) is 1.29. The molecule has 0 aliphatic heterocycles. The van der Waals surface area contributed by atoms with Crippen molar-refractivity contribution in [3.05, 3.63) is 35.1 Å². The Morgan fingerprint density at radius 1 is 1.31 bits per heavy atom. The summed E-state index contributed by atoms with van der Waals surface area (Å²) >= 11 is 0.